The highest BCUT2D eigenvalue weighted by molar-refractivity contribution is 5.56. The summed E-state index contributed by atoms with van der Waals surface area (Å²) >= 11 is 0. The molecule has 0 heterocycles. The van der Waals surface area contributed by atoms with E-state index in [1.807, 2.05) is 6.92 Å². The topological polar surface area (TPSA) is 78.6 Å². The second-order valence-corrected chi connectivity index (χ2v) is 5.05. The van der Waals surface area contributed by atoms with E-state index in [4.69, 9.17) is 5.11 Å². The summed E-state index contributed by atoms with van der Waals surface area (Å²) in [5, 5.41) is 23.3. The number of rotatable bonds is 8. The lowest BCUT2D eigenvalue weighted by Gasteiger charge is -2.22. The number of hydrogen-bond donors (Lipinski definition) is 2. The van der Waals surface area contributed by atoms with Crippen molar-refractivity contribution in [2.45, 2.75) is 32.4 Å². The molecule has 2 N–H and O–H groups in total. The number of aliphatic hydroxyl groups is 1. The summed E-state index contributed by atoms with van der Waals surface area (Å²) in [5.41, 5.74) is 1.96. The smallest absolute Gasteiger partial charge is 0.269 e. The van der Waals surface area contributed by atoms with Crippen molar-refractivity contribution in [1.82, 2.24) is 4.90 Å². The molecule has 6 nitrogen and oxygen atoms in total. The van der Waals surface area contributed by atoms with Crippen molar-refractivity contribution in [2.24, 2.45) is 0 Å². The van der Waals surface area contributed by atoms with E-state index in [0.29, 0.717) is 19.1 Å². The Morgan fingerprint density at radius 1 is 1.50 bits per heavy atom. The van der Waals surface area contributed by atoms with Crippen LogP contribution < -0.4 is 5.32 Å². The average molecular weight is 279 g/mol. The Hall–Kier alpha value is -1.66. The van der Waals surface area contributed by atoms with E-state index in [1.165, 1.54) is 6.07 Å². The van der Waals surface area contributed by atoms with Crippen LogP contribution in [0.2, 0.25) is 0 Å². The number of nitrogens with zero attached hydrogens (tertiary/aromatic N) is 2. The third-order valence-electron chi connectivity index (χ3n) is 3.49. The van der Waals surface area contributed by atoms with Gasteiger partial charge in [-0.05, 0) is 31.4 Å². The largest absolute Gasteiger partial charge is 0.395 e. The van der Waals surface area contributed by atoms with Gasteiger partial charge in [0.25, 0.3) is 5.69 Å². The van der Waals surface area contributed by atoms with Gasteiger partial charge in [0.2, 0.25) is 0 Å². The summed E-state index contributed by atoms with van der Waals surface area (Å²) in [7, 11) is 0. The van der Waals surface area contributed by atoms with Crippen molar-refractivity contribution in [1.29, 1.82) is 0 Å². The molecule has 1 saturated carbocycles. The molecule has 1 fully saturated rings. The molecule has 0 atom stereocenters. The molecule has 0 unspecified atom stereocenters. The Balaban J connectivity index is 2.21. The number of nitro benzene ring substituents is 1. The average Bonchev–Trinajstić information content (AvgIpc) is 3.24. The summed E-state index contributed by atoms with van der Waals surface area (Å²) < 4.78 is 0. The lowest BCUT2D eigenvalue weighted by atomic mass is 10.1. The first kappa shape index (κ1) is 14.7. The van der Waals surface area contributed by atoms with Crippen molar-refractivity contribution in [3.63, 3.8) is 0 Å². The van der Waals surface area contributed by atoms with Gasteiger partial charge in [-0.1, -0.05) is 0 Å². The van der Waals surface area contributed by atoms with E-state index in [0.717, 1.165) is 30.6 Å². The van der Waals surface area contributed by atoms with E-state index in [-0.39, 0.29) is 17.2 Å². The highest BCUT2D eigenvalue weighted by atomic mass is 16.6. The fourth-order valence-corrected chi connectivity index (χ4v) is 2.37. The zero-order valence-corrected chi connectivity index (χ0v) is 11.7. The molecule has 0 amide bonds. The van der Waals surface area contributed by atoms with E-state index < -0.39 is 0 Å². The summed E-state index contributed by atoms with van der Waals surface area (Å²) in [6.07, 6.45) is 2.29. The Bertz CT molecular complexity index is 475. The molecule has 20 heavy (non-hydrogen) atoms. The van der Waals surface area contributed by atoms with Gasteiger partial charge in [0, 0.05) is 43.5 Å². The van der Waals surface area contributed by atoms with Gasteiger partial charge in [-0.3, -0.25) is 15.0 Å². The van der Waals surface area contributed by atoms with Crippen LogP contribution in [0.25, 0.3) is 0 Å². The van der Waals surface area contributed by atoms with Gasteiger partial charge in [0.1, 0.15) is 0 Å². The number of aliphatic hydroxyl groups excluding tert-OH is 1. The normalized spacial score (nSPS) is 14.6. The van der Waals surface area contributed by atoms with Gasteiger partial charge in [-0.15, -0.1) is 0 Å². The molecule has 0 radical (unpaired) electrons. The van der Waals surface area contributed by atoms with Crippen LogP contribution in [0, 0.1) is 10.1 Å². The summed E-state index contributed by atoms with van der Waals surface area (Å²) in [5.74, 6) is 0. The van der Waals surface area contributed by atoms with E-state index in [9.17, 15) is 10.1 Å². The molecule has 1 aromatic carbocycles. The second kappa shape index (κ2) is 6.67. The number of anilines is 1. The minimum atomic E-state index is -0.368. The van der Waals surface area contributed by atoms with Gasteiger partial charge in [-0.25, -0.2) is 0 Å². The monoisotopic (exact) mass is 279 g/mol. The van der Waals surface area contributed by atoms with Crippen LogP contribution in [0.3, 0.4) is 0 Å². The number of hydrogen-bond acceptors (Lipinski definition) is 5. The van der Waals surface area contributed by atoms with Crippen molar-refractivity contribution in [3.05, 3.63) is 33.9 Å². The Labute approximate surface area is 118 Å². The molecule has 0 aliphatic heterocycles. The molecule has 0 saturated heterocycles. The number of non-ortho nitro benzene ring substituents is 1. The molecule has 2 rings (SSSR count). The standard InChI is InChI=1S/C14H21N3O3/c1-2-15-14-6-5-13(17(19)20)9-11(14)10-16(7-8-18)12-3-4-12/h5-6,9,12,15,18H,2-4,7-8,10H2,1H3. The molecule has 0 aromatic heterocycles. The van der Waals surface area contributed by atoms with E-state index >= 15 is 0 Å². The first-order valence-corrected chi connectivity index (χ1v) is 7.01. The van der Waals surface area contributed by atoms with Crippen molar-refractivity contribution < 1.29 is 10.0 Å². The Morgan fingerprint density at radius 2 is 2.25 bits per heavy atom. The minimum Gasteiger partial charge on any atom is -0.395 e. The molecule has 1 aliphatic carbocycles. The maximum Gasteiger partial charge on any atom is 0.269 e. The van der Waals surface area contributed by atoms with Crippen LogP contribution >= 0.6 is 0 Å². The lowest BCUT2D eigenvalue weighted by Crippen LogP contribution is -2.29. The highest BCUT2D eigenvalue weighted by Gasteiger charge is 2.29. The molecule has 0 bridgehead atoms. The fraction of sp³-hybridized carbons (Fsp3) is 0.571. The van der Waals surface area contributed by atoms with Crippen molar-refractivity contribution in [2.75, 3.05) is 25.0 Å². The summed E-state index contributed by atoms with van der Waals surface area (Å²) in [6.45, 7) is 4.13. The van der Waals surface area contributed by atoms with Crippen LogP contribution in [0.4, 0.5) is 11.4 Å². The molecule has 0 spiro atoms. The third-order valence-corrected chi connectivity index (χ3v) is 3.49. The molecular formula is C14H21N3O3. The first-order chi connectivity index (χ1) is 9.65. The quantitative estimate of drug-likeness (QED) is 0.562. The van der Waals surface area contributed by atoms with Gasteiger partial charge in [0.05, 0.1) is 11.5 Å². The Morgan fingerprint density at radius 3 is 2.80 bits per heavy atom. The molecule has 6 heteroatoms. The second-order valence-electron chi connectivity index (χ2n) is 5.05. The molecular weight excluding hydrogens is 258 g/mol. The van der Waals surface area contributed by atoms with E-state index in [1.54, 1.807) is 12.1 Å². The highest BCUT2D eigenvalue weighted by Crippen LogP contribution is 2.30. The SMILES string of the molecule is CCNc1ccc([N+](=O)[O-])cc1CN(CCO)C1CC1. The lowest BCUT2D eigenvalue weighted by molar-refractivity contribution is -0.384. The van der Waals surface area contributed by atoms with Gasteiger partial charge in [0.15, 0.2) is 0 Å². The fourth-order valence-electron chi connectivity index (χ4n) is 2.37. The third kappa shape index (κ3) is 3.68. The van der Waals surface area contributed by atoms with Crippen LogP contribution in [-0.2, 0) is 6.54 Å². The van der Waals surface area contributed by atoms with Gasteiger partial charge >= 0.3 is 0 Å². The zero-order valence-electron chi connectivity index (χ0n) is 11.7. The van der Waals surface area contributed by atoms with Crippen LogP contribution in [0.1, 0.15) is 25.3 Å². The summed E-state index contributed by atoms with van der Waals surface area (Å²) in [6, 6.07) is 5.43. The predicted molar refractivity (Wildman–Crippen MR) is 77.8 cm³/mol. The maximum absolute atomic E-state index is 10.9. The molecule has 110 valence electrons. The van der Waals surface area contributed by atoms with Crippen LogP contribution in [-0.4, -0.2) is 40.7 Å². The van der Waals surface area contributed by atoms with Crippen molar-refractivity contribution >= 4 is 11.4 Å². The maximum atomic E-state index is 10.9. The zero-order chi connectivity index (χ0) is 14.5. The number of nitrogens with one attached hydrogen (secondary N) is 1. The van der Waals surface area contributed by atoms with Crippen LogP contribution in [0.5, 0.6) is 0 Å². The van der Waals surface area contributed by atoms with E-state index in [2.05, 4.69) is 10.2 Å². The van der Waals surface area contributed by atoms with Crippen molar-refractivity contribution in [3.8, 4) is 0 Å². The predicted octanol–water partition coefficient (Wildman–Crippen LogP) is 1.98. The number of nitro groups is 1. The number of benzene rings is 1. The van der Waals surface area contributed by atoms with Gasteiger partial charge < -0.3 is 10.4 Å². The first-order valence-electron chi connectivity index (χ1n) is 7.01. The summed E-state index contributed by atoms with van der Waals surface area (Å²) in [4.78, 5) is 12.7. The van der Waals surface area contributed by atoms with Gasteiger partial charge in [-0.2, -0.15) is 0 Å². The molecule has 1 aliphatic rings. The minimum absolute atomic E-state index is 0.112. The molecule has 1 aromatic rings. The Kier molecular flexibility index (Phi) is 4.92. The van der Waals surface area contributed by atoms with Crippen LogP contribution in [0.15, 0.2) is 18.2 Å².